The van der Waals surface area contributed by atoms with Gasteiger partial charge in [-0.05, 0) is 25.1 Å². The Labute approximate surface area is 97.8 Å². The van der Waals surface area contributed by atoms with Crippen LogP contribution in [-0.4, -0.2) is 31.1 Å². The summed E-state index contributed by atoms with van der Waals surface area (Å²) in [6.07, 6.45) is 0.820. The van der Waals surface area contributed by atoms with Gasteiger partial charge in [0, 0.05) is 28.8 Å². The van der Waals surface area contributed by atoms with E-state index in [2.05, 4.69) is 15.9 Å². The Kier molecular flexibility index (Phi) is 4.29. The first-order valence-electron chi connectivity index (χ1n) is 4.68. The third-order valence-electron chi connectivity index (χ3n) is 2.42. The van der Waals surface area contributed by atoms with Crippen molar-refractivity contribution in [3.8, 4) is 0 Å². The Morgan fingerprint density at radius 3 is 2.80 bits per heavy atom. The van der Waals surface area contributed by atoms with Crippen LogP contribution >= 0.6 is 15.9 Å². The van der Waals surface area contributed by atoms with Crippen molar-refractivity contribution in [2.24, 2.45) is 0 Å². The Morgan fingerprint density at radius 1 is 1.60 bits per heavy atom. The lowest BCUT2D eigenvalue weighted by molar-refractivity contribution is 0.112. The van der Waals surface area contributed by atoms with E-state index < -0.39 is 0 Å². The molecule has 0 heterocycles. The zero-order valence-electron chi connectivity index (χ0n) is 8.77. The number of aldehydes is 1. The van der Waals surface area contributed by atoms with Crippen molar-refractivity contribution in [3.05, 3.63) is 28.2 Å². The van der Waals surface area contributed by atoms with E-state index in [9.17, 15) is 4.79 Å². The zero-order chi connectivity index (χ0) is 11.4. The first-order chi connectivity index (χ1) is 7.10. The van der Waals surface area contributed by atoms with E-state index in [0.29, 0.717) is 5.56 Å². The van der Waals surface area contributed by atoms with Crippen LogP contribution < -0.4 is 4.90 Å². The second-order valence-electron chi connectivity index (χ2n) is 3.46. The Morgan fingerprint density at radius 2 is 2.27 bits per heavy atom. The molecule has 4 heteroatoms. The molecule has 0 saturated carbocycles. The Bertz CT molecular complexity index is 354. The van der Waals surface area contributed by atoms with E-state index >= 15 is 0 Å². The van der Waals surface area contributed by atoms with Crippen molar-refractivity contribution >= 4 is 27.9 Å². The predicted molar refractivity (Wildman–Crippen MR) is 64.5 cm³/mol. The van der Waals surface area contributed by atoms with Gasteiger partial charge in [0.05, 0.1) is 6.61 Å². The number of benzene rings is 1. The molecule has 0 saturated heterocycles. The van der Waals surface area contributed by atoms with Crippen LogP contribution in [0, 0.1) is 0 Å². The molecule has 0 spiro atoms. The number of aliphatic hydroxyl groups is 1. The molecule has 0 aliphatic heterocycles. The number of likely N-dealkylation sites (N-methyl/N-ethyl adjacent to an activating group) is 1. The number of nitrogens with zero attached hydrogens (tertiary/aromatic N) is 1. The van der Waals surface area contributed by atoms with Gasteiger partial charge in [0.1, 0.15) is 0 Å². The molecule has 0 aliphatic carbocycles. The van der Waals surface area contributed by atoms with Crippen molar-refractivity contribution in [1.29, 1.82) is 0 Å². The number of halogens is 1. The van der Waals surface area contributed by atoms with Gasteiger partial charge in [-0.3, -0.25) is 4.79 Å². The molecule has 1 N–H and O–H groups in total. The molecule has 0 fully saturated rings. The summed E-state index contributed by atoms with van der Waals surface area (Å²) in [5.74, 6) is 0. The number of carbonyl (C=O) groups is 1. The predicted octanol–water partition coefficient (Wildman–Crippen LogP) is 2.08. The maximum Gasteiger partial charge on any atom is 0.152 e. The molecule has 0 amide bonds. The fourth-order valence-corrected chi connectivity index (χ4v) is 1.68. The number of carbonyl (C=O) groups excluding carboxylic acids is 1. The summed E-state index contributed by atoms with van der Waals surface area (Å²) in [5.41, 5.74) is 1.45. The van der Waals surface area contributed by atoms with Crippen molar-refractivity contribution in [3.63, 3.8) is 0 Å². The fourth-order valence-electron chi connectivity index (χ4n) is 1.30. The average molecular weight is 272 g/mol. The average Bonchev–Trinajstić information content (AvgIpc) is 2.26. The third kappa shape index (κ3) is 2.79. The largest absolute Gasteiger partial charge is 0.394 e. The molecule has 0 aromatic heterocycles. The molecule has 82 valence electrons. The first-order valence-corrected chi connectivity index (χ1v) is 5.48. The van der Waals surface area contributed by atoms with Crippen molar-refractivity contribution in [2.75, 3.05) is 18.6 Å². The lowest BCUT2D eigenvalue weighted by Gasteiger charge is -2.26. The highest BCUT2D eigenvalue weighted by Crippen LogP contribution is 2.23. The lowest BCUT2D eigenvalue weighted by atomic mass is 10.1. The minimum absolute atomic E-state index is 0.00937. The topological polar surface area (TPSA) is 40.5 Å². The van der Waals surface area contributed by atoms with Gasteiger partial charge in [0.2, 0.25) is 0 Å². The third-order valence-corrected chi connectivity index (χ3v) is 2.92. The minimum atomic E-state index is -0.00937. The van der Waals surface area contributed by atoms with Crippen LogP contribution in [0.1, 0.15) is 17.3 Å². The minimum Gasteiger partial charge on any atom is -0.394 e. The summed E-state index contributed by atoms with van der Waals surface area (Å²) < 4.78 is 0.874. The Hall–Kier alpha value is -0.870. The highest BCUT2D eigenvalue weighted by atomic mass is 79.9. The van der Waals surface area contributed by atoms with Crippen LogP contribution in [-0.2, 0) is 0 Å². The smallest absolute Gasteiger partial charge is 0.152 e. The summed E-state index contributed by atoms with van der Waals surface area (Å²) in [6.45, 7) is 1.96. The molecule has 1 aromatic carbocycles. The molecule has 0 aliphatic rings. The molecule has 1 atom stereocenters. The zero-order valence-corrected chi connectivity index (χ0v) is 10.4. The SMILES string of the molecule is CC(CO)N(C)c1ccc(Br)cc1C=O. The van der Waals surface area contributed by atoms with Gasteiger partial charge in [-0.15, -0.1) is 0 Å². The van der Waals surface area contributed by atoms with Crippen molar-refractivity contribution in [1.82, 2.24) is 0 Å². The molecule has 1 aromatic rings. The summed E-state index contributed by atoms with van der Waals surface area (Å²) in [7, 11) is 1.86. The fraction of sp³-hybridized carbons (Fsp3) is 0.364. The van der Waals surface area contributed by atoms with Crippen LogP contribution in [0.2, 0.25) is 0 Å². The Balaban J connectivity index is 3.07. The monoisotopic (exact) mass is 271 g/mol. The summed E-state index contributed by atoms with van der Waals surface area (Å²) in [4.78, 5) is 12.8. The van der Waals surface area contributed by atoms with Crippen molar-refractivity contribution in [2.45, 2.75) is 13.0 Å². The van der Waals surface area contributed by atoms with Gasteiger partial charge in [-0.2, -0.15) is 0 Å². The van der Waals surface area contributed by atoms with Crippen LogP contribution in [0.3, 0.4) is 0 Å². The van der Waals surface area contributed by atoms with Gasteiger partial charge in [0.25, 0.3) is 0 Å². The molecule has 0 bridgehead atoms. The number of rotatable bonds is 4. The number of hydrogen-bond donors (Lipinski definition) is 1. The van der Waals surface area contributed by atoms with E-state index in [1.54, 1.807) is 6.07 Å². The molecule has 0 radical (unpaired) electrons. The molecule has 15 heavy (non-hydrogen) atoms. The molecular formula is C11H14BrNO2. The maximum atomic E-state index is 10.9. The number of aliphatic hydroxyl groups excluding tert-OH is 1. The van der Waals surface area contributed by atoms with E-state index in [0.717, 1.165) is 16.4 Å². The van der Waals surface area contributed by atoms with Gasteiger partial charge in [-0.1, -0.05) is 15.9 Å². The van der Waals surface area contributed by atoms with E-state index in [1.165, 1.54) is 0 Å². The van der Waals surface area contributed by atoms with Crippen LogP contribution in [0.15, 0.2) is 22.7 Å². The summed E-state index contributed by atoms with van der Waals surface area (Å²) in [6, 6.07) is 5.50. The second-order valence-corrected chi connectivity index (χ2v) is 4.38. The van der Waals surface area contributed by atoms with Crippen molar-refractivity contribution < 1.29 is 9.90 Å². The van der Waals surface area contributed by atoms with Gasteiger partial charge in [0.15, 0.2) is 6.29 Å². The number of hydrogen-bond acceptors (Lipinski definition) is 3. The molecular weight excluding hydrogens is 258 g/mol. The summed E-state index contributed by atoms with van der Waals surface area (Å²) >= 11 is 3.31. The van der Waals surface area contributed by atoms with E-state index in [-0.39, 0.29) is 12.6 Å². The van der Waals surface area contributed by atoms with Crippen LogP contribution in [0.5, 0.6) is 0 Å². The normalized spacial score (nSPS) is 12.3. The van der Waals surface area contributed by atoms with Gasteiger partial charge >= 0.3 is 0 Å². The maximum absolute atomic E-state index is 10.9. The highest BCUT2D eigenvalue weighted by Gasteiger charge is 2.12. The van der Waals surface area contributed by atoms with Crippen LogP contribution in [0.25, 0.3) is 0 Å². The standard InChI is InChI=1S/C11H14BrNO2/c1-8(6-14)13(2)11-4-3-10(12)5-9(11)7-15/h3-5,7-8,14H,6H2,1-2H3. The summed E-state index contributed by atoms with van der Waals surface area (Å²) in [5, 5.41) is 9.05. The van der Waals surface area contributed by atoms with Crippen LogP contribution in [0.4, 0.5) is 5.69 Å². The first kappa shape index (κ1) is 12.2. The van der Waals surface area contributed by atoms with E-state index in [4.69, 9.17) is 5.11 Å². The van der Waals surface area contributed by atoms with Gasteiger partial charge < -0.3 is 10.0 Å². The highest BCUT2D eigenvalue weighted by molar-refractivity contribution is 9.10. The van der Waals surface area contributed by atoms with E-state index in [1.807, 2.05) is 31.0 Å². The lowest BCUT2D eigenvalue weighted by Crippen LogP contribution is -2.32. The quantitative estimate of drug-likeness (QED) is 0.853. The molecule has 1 rings (SSSR count). The molecule has 1 unspecified atom stereocenters. The second kappa shape index (κ2) is 5.28. The van der Waals surface area contributed by atoms with Gasteiger partial charge in [-0.25, -0.2) is 0 Å². The molecule has 3 nitrogen and oxygen atoms in total. The number of anilines is 1.